The average molecular weight is 426 g/mol. The van der Waals surface area contributed by atoms with Crippen molar-refractivity contribution in [2.75, 3.05) is 19.8 Å². The minimum atomic E-state index is -4.14. The number of hydrogen-bond acceptors (Lipinski definition) is 12. The molecule has 0 radical (unpaired) electrons. The van der Waals surface area contributed by atoms with Gasteiger partial charge < -0.3 is 21.5 Å². The molecular weight excluding hydrogens is 411 g/mol. The van der Waals surface area contributed by atoms with E-state index in [4.69, 9.17) is 35.0 Å². The predicted molar refractivity (Wildman–Crippen MR) is 75.7 cm³/mol. The van der Waals surface area contributed by atoms with E-state index in [1.54, 1.807) is 20.8 Å². The Hall–Kier alpha value is 1.39. The van der Waals surface area contributed by atoms with Crippen LogP contribution in [0.4, 0.5) is 0 Å². The molecule has 0 N–H and O–H groups in total. The molecule has 2 saturated heterocycles. The van der Waals surface area contributed by atoms with E-state index in [2.05, 4.69) is 0 Å². The van der Waals surface area contributed by atoms with Gasteiger partial charge in [0.1, 0.15) is 0 Å². The van der Waals surface area contributed by atoms with Crippen molar-refractivity contribution in [2.24, 2.45) is 0 Å². The summed E-state index contributed by atoms with van der Waals surface area (Å²) in [5.41, 5.74) is 0. The van der Waals surface area contributed by atoms with Gasteiger partial charge in [-0.3, -0.25) is 13.6 Å². The van der Waals surface area contributed by atoms with Gasteiger partial charge in [-0.25, -0.2) is 13.7 Å². The minimum absolute atomic E-state index is 0.0221. The number of hydrogen-bond donors (Lipinski definition) is 0. The molecule has 0 saturated carbocycles. The molecule has 0 atom stereocenters. The lowest BCUT2D eigenvalue weighted by Gasteiger charge is -2.34. The highest BCUT2D eigenvalue weighted by molar-refractivity contribution is 7.57. The Bertz CT molecular complexity index is 495. The molecule has 0 spiro atoms. The summed E-state index contributed by atoms with van der Waals surface area (Å²) >= 11 is -5.99. The van der Waals surface area contributed by atoms with E-state index in [0.717, 1.165) is 0 Å². The van der Waals surface area contributed by atoms with E-state index in [1.807, 2.05) is 0 Å². The molecule has 0 aromatic rings. The lowest BCUT2D eigenvalue weighted by Crippen LogP contribution is -2.38. The molecule has 12 nitrogen and oxygen atoms in total. The van der Waals surface area contributed by atoms with Gasteiger partial charge in [0.2, 0.25) is 0 Å². The molecule has 2 heterocycles. The quantitative estimate of drug-likeness (QED) is 0.375. The summed E-state index contributed by atoms with van der Waals surface area (Å²) in [6, 6.07) is 0. The fraction of sp³-hybridized carbons (Fsp3) is 1.00. The van der Waals surface area contributed by atoms with E-state index >= 15 is 0 Å². The van der Waals surface area contributed by atoms with Crippen molar-refractivity contribution in [1.82, 2.24) is 0 Å². The average Bonchev–Trinajstić information content (AvgIpc) is 2.35. The molecule has 2 aliphatic rings. The highest BCUT2D eigenvalue weighted by atomic mass is 31.2. The van der Waals surface area contributed by atoms with Crippen LogP contribution in [0, 0.1) is 0 Å². The third kappa shape index (κ3) is 5.69. The minimum Gasteiger partial charge on any atom is -0.364 e. The lowest BCUT2D eigenvalue weighted by molar-refractivity contribution is 0.0877. The largest absolute Gasteiger partial charge is 0.931 e. The summed E-state index contributed by atoms with van der Waals surface area (Å²) in [6.45, 7) is 4.95. The molecule has 0 amide bonds. The molecule has 0 aromatic carbocycles. The van der Waals surface area contributed by atoms with E-state index in [1.165, 1.54) is 0 Å². The maximum Gasteiger partial charge on any atom is 0.931 e. The Labute approximate surface area is 143 Å². The fourth-order valence-corrected chi connectivity index (χ4v) is 11.6. The zero-order valence-corrected chi connectivity index (χ0v) is 17.5. The van der Waals surface area contributed by atoms with Crippen molar-refractivity contribution in [1.29, 1.82) is 0 Å². The highest BCUT2D eigenvalue weighted by Crippen LogP contribution is 2.65. The standard InChI is InChI=1S/3C2H7O4P.2Al/c3*1-2-6-7(3,4)5;;/h3*2H2,1H3,(H2,3,4,5);;/q;;;2*+3/p-6. The van der Waals surface area contributed by atoms with Gasteiger partial charge in [0.25, 0.3) is 0 Å². The van der Waals surface area contributed by atoms with E-state index in [-0.39, 0.29) is 19.8 Å². The van der Waals surface area contributed by atoms with Crippen LogP contribution in [0.5, 0.6) is 0 Å². The second kappa shape index (κ2) is 8.39. The molecule has 132 valence electrons. The number of phosphoric acid groups is 3. The van der Waals surface area contributed by atoms with Gasteiger partial charge >= 0.3 is 53.8 Å². The van der Waals surface area contributed by atoms with Crippen LogP contribution in [0.3, 0.4) is 0 Å². The Morgan fingerprint density at radius 2 is 1.22 bits per heavy atom. The smallest absolute Gasteiger partial charge is 0.364 e. The number of rotatable bonds is 10. The van der Waals surface area contributed by atoms with Crippen LogP contribution in [-0.4, -0.2) is 50.1 Å². The van der Waals surface area contributed by atoms with Gasteiger partial charge in [-0.2, -0.15) is 0 Å². The Kier molecular flexibility index (Phi) is 7.55. The van der Waals surface area contributed by atoms with Gasteiger partial charge in [0, 0.05) is 0 Å². The van der Waals surface area contributed by atoms with Crippen molar-refractivity contribution < 1.29 is 48.7 Å². The monoisotopic (exact) mass is 426 g/mol. The maximum atomic E-state index is 12.4. The van der Waals surface area contributed by atoms with Gasteiger partial charge in [-0.05, 0) is 20.8 Å². The summed E-state index contributed by atoms with van der Waals surface area (Å²) in [5.74, 6) is 0. The van der Waals surface area contributed by atoms with Gasteiger partial charge in [-0.1, -0.05) is 0 Å². The zero-order valence-electron chi connectivity index (χ0n) is 12.5. The first-order chi connectivity index (χ1) is 10.8. The Balaban J connectivity index is 1.85. The zero-order chi connectivity index (χ0) is 17.1. The summed E-state index contributed by atoms with van der Waals surface area (Å²) in [6.07, 6.45) is 0. The van der Waals surface area contributed by atoms with Crippen molar-refractivity contribution in [2.45, 2.75) is 20.8 Å². The van der Waals surface area contributed by atoms with Gasteiger partial charge in [0.15, 0.2) is 0 Å². The van der Waals surface area contributed by atoms with Crippen LogP contribution < -0.4 is 0 Å². The van der Waals surface area contributed by atoms with Crippen LogP contribution in [0.2, 0.25) is 0 Å². The van der Waals surface area contributed by atoms with Gasteiger partial charge in [0.05, 0.1) is 19.8 Å². The van der Waals surface area contributed by atoms with E-state index in [9.17, 15) is 13.7 Å². The van der Waals surface area contributed by atoms with E-state index in [0.29, 0.717) is 0 Å². The molecule has 0 aromatic heterocycles. The van der Waals surface area contributed by atoms with Crippen LogP contribution in [0.25, 0.3) is 0 Å². The highest BCUT2D eigenvalue weighted by Gasteiger charge is 2.64. The van der Waals surface area contributed by atoms with Crippen LogP contribution >= 0.6 is 23.5 Å². The lowest BCUT2D eigenvalue weighted by atomic mass is 10.9. The van der Waals surface area contributed by atoms with Crippen LogP contribution in [-0.2, 0) is 48.7 Å². The van der Waals surface area contributed by atoms with Crippen LogP contribution in [0.1, 0.15) is 20.8 Å². The fourth-order valence-electron chi connectivity index (χ4n) is 1.41. The van der Waals surface area contributed by atoms with Crippen molar-refractivity contribution in [3.8, 4) is 0 Å². The molecular formula is C6H15Al2O12P3. The van der Waals surface area contributed by atoms with Gasteiger partial charge in [-0.15, -0.1) is 0 Å². The summed E-state index contributed by atoms with van der Waals surface area (Å²) in [7, 11) is -11.4. The third-order valence-corrected chi connectivity index (χ3v) is 14.2. The first-order valence-electron chi connectivity index (χ1n) is 6.59. The molecule has 17 heteroatoms. The second-order valence-corrected chi connectivity index (χ2v) is 13.5. The maximum absolute atomic E-state index is 12.4. The van der Waals surface area contributed by atoms with Crippen molar-refractivity contribution in [3.05, 3.63) is 0 Å². The topological polar surface area (TPSA) is 134 Å². The summed E-state index contributed by atoms with van der Waals surface area (Å²) in [5, 5.41) is 0. The predicted octanol–water partition coefficient (Wildman–Crippen LogP) is 2.52. The first kappa shape index (κ1) is 20.7. The summed E-state index contributed by atoms with van der Waals surface area (Å²) < 4.78 is 79.4. The Morgan fingerprint density at radius 1 is 0.826 bits per heavy atom. The van der Waals surface area contributed by atoms with Crippen molar-refractivity contribution in [3.63, 3.8) is 0 Å². The second-order valence-electron chi connectivity index (χ2n) is 3.80. The van der Waals surface area contributed by atoms with Crippen LogP contribution in [0.15, 0.2) is 0 Å². The molecule has 2 aliphatic heterocycles. The van der Waals surface area contributed by atoms with E-state index < -0.39 is 53.8 Å². The third-order valence-electron chi connectivity index (χ3n) is 2.15. The molecule has 0 unspecified atom stereocenters. The first-order valence-corrected chi connectivity index (χ1v) is 13.8. The molecule has 0 aliphatic carbocycles. The van der Waals surface area contributed by atoms with Crippen molar-refractivity contribution >= 4 is 53.8 Å². The normalized spacial score (nSPS) is 22.6. The SMILES string of the molecule is CCOP1(=O)[O][Al]([O]P(=O)(OCC)[O][Al]2[O]P(=O)(OCC)[O]2)[O]1. The molecule has 23 heavy (non-hydrogen) atoms. The Morgan fingerprint density at radius 3 is 1.52 bits per heavy atom. The molecule has 2 fully saturated rings. The summed E-state index contributed by atoms with van der Waals surface area (Å²) in [4.78, 5) is 0. The molecule has 0 bridgehead atoms. The molecule has 2 rings (SSSR count).